The van der Waals surface area contributed by atoms with Crippen LogP contribution in [0, 0.1) is 0 Å². The summed E-state index contributed by atoms with van der Waals surface area (Å²) in [6.07, 6.45) is 1.61. The van der Waals surface area contributed by atoms with Crippen molar-refractivity contribution >= 4 is 22.5 Å². The quantitative estimate of drug-likeness (QED) is 0.862. The van der Waals surface area contributed by atoms with Gasteiger partial charge >= 0.3 is 6.03 Å². The maximum absolute atomic E-state index is 12.2. The lowest BCUT2D eigenvalue weighted by atomic mass is 10.2. The molecule has 2 aromatic rings. The first-order valence-corrected chi connectivity index (χ1v) is 8.26. The van der Waals surface area contributed by atoms with Crippen LogP contribution in [0.3, 0.4) is 0 Å². The molecule has 2 amide bonds. The van der Waals surface area contributed by atoms with E-state index >= 15 is 0 Å². The molecule has 0 aliphatic heterocycles. The summed E-state index contributed by atoms with van der Waals surface area (Å²) in [6.45, 7) is 0.347. The number of carbonyl (C=O) groups excluding carboxylic acids is 1. The summed E-state index contributed by atoms with van der Waals surface area (Å²) in [7, 11) is 0.416. The van der Waals surface area contributed by atoms with Crippen LogP contribution in [-0.4, -0.2) is 28.7 Å². The van der Waals surface area contributed by atoms with Crippen molar-refractivity contribution in [2.24, 2.45) is 0 Å². The molecule has 22 heavy (non-hydrogen) atoms. The summed E-state index contributed by atoms with van der Waals surface area (Å²) in [5.41, 5.74) is 1.59. The summed E-state index contributed by atoms with van der Waals surface area (Å²) >= 11 is 0. The van der Waals surface area contributed by atoms with Crippen LogP contribution in [0.2, 0.25) is 0 Å². The molecule has 1 atom stereocenters. The van der Waals surface area contributed by atoms with E-state index < -0.39 is 10.8 Å². The zero-order chi connectivity index (χ0) is 15.9. The van der Waals surface area contributed by atoms with E-state index in [0.717, 1.165) is 5.56 Å². The van der Waals surface area contributed by atoms with Gasteiger partial charge in [-0.3, -0.25) is 9.05 Å². The second-order valence-electron chi connectivity index (χ2n) is 4.61. The number of amides is 2. The van der Waals surface area contributed by atoms with Gasteiger partial charge < -0.3 is 5.32 Å². The zero-order valence-corrected chi connectivity index (χ0v) is 13.3. The molecule has 0 saturated heterocycles. The second kappa shape index (κ2) is 7.72. The van der Waals surface area contributed by atoms with Crippen LogP contribution < -0.4 is 5.32 Å². The zero-order valence-electron chi connectivity index (χ0n) is 12.5. The molecule has 0 fully saturated rings. The summed E-state index contributed by atoms with van der Waals surface area (Å²) in [5.74, 6) is 0. The van der Waals surface area contributed by atoms with Crippen molar-refractivity contribution in [3.05, 3.63) is 60.2 Å². The van der Waals surface area contributed by atoms with E-state index in [9.17, 15) is 9.00 Å². The summed E-state index contributed by atoms with van der Waals surface area (Å²) < 4.78 is 11.3. The van der Waals surface area contributed by atoms with Gasteiger partial charge in [0.15, 0.2) is 0 Å². The van der Waals surface area contributed by atoms with E-state index in [-0.39, 0.29) is 6.03 Å². The average Bonchev–Trinajstić information content (AvgIpc) is 2.54. The van der Waals surface area contributed by atoms with Gasteiger partial charge in [0.25, 0.3) is 0 Å². The lowest BCUT2D eigenvalue weighted by Gasteiger charge is -2.20. The van der Waals surface area contributed by atoms with Gasteiger partial charge in [-0.05, 0) is 29.8 Å². The largest absolute Gasteiger partial charge is 0.346 e. The molecule has 0 bridgehead atoms. The third kappa shape index (κ3) is 4.41. The molecular weight excluding hydrogens is 300 g/mol. The Morgan fingerprint density at radius 2 is 1.77 bits per heavy atom. The first-order chi connectivity index (χ1) is 10.6. The molecule has 2 aromatic carbocycles. The van der Waals surface area contributed by atoms with E-state index in [1.807, 2.05) is 30.3 Å². The molecule has 0 aromatic heterocycles. The fraction of sp³-hybridized carbons (Fsp3) is 0.188. The minimum absolute atomic E-state index is 0.347. The highest BCUT2D eigenvalue weighted by Crippen LogP contribution is 2.13. The Morgan fingerprint density at radius 3 is 2.32 bits per heavy atom. The predicted octanol–water partition coefficient (Wildman–Crippen LogP) is 3.02. The first-order valence-electron chi connectivity index (χ1n) is 6.70. The number of benzene rings is 2. The number of hydroxylamine groups is 2. The lowest BCUT2D eigenvalue weighted by Crippen LogP contribution is -2.33. The maximum atomic E-state index is 12.2. The van der Waals surface area contributed by atoms with Gasteiger partial charge in [0.05, 0.1) is 13.7 Å². The van der Waals surface area contributed by atoms with Crippen LogP contribution in [0.1, 0.15) is 5.56 Å². The van der Waals surface area contributed by atoms with E-state index in [2.05, 4.69) is 5.32 Å². The van der Waals surface area contributed by atoms with Gasteiger partial charge in [-0.15, -0.1) is 0 Å². The Labute approximate surface area is 132 Å². The summed E-state index contributed by atoms with van der Waals surface area (Å²) in [5, 5.41) is 3.98. The van der Waals surface area contributed by atoms with Crippen molar-refractivity contribution < 1.29 is 13.8 Å². The van der Waals surface area contributed by atoms with E-state index in [0.29, 0.717) is 17.1 Å². The molecule has 6 heteroatoms. The number of carbonyl (C=O) groups is 1. The highest BCUT2D eigenvalue weighted by atomic mass is 32.2. The van der Waals surface area contributed by atoms with Crippen LogP contribution in [-0.2, 0) is 22.2 Å². The van der Waals surface area contributed by atoms with Gasteiger partial charge in [0.2, 0.25) is 0 Å². The number of hydrogen-bond acceptors (Lipinski definition) is 3. The molecule has 5 nitrogen and oxygen atoms in total. The Balaban J connectivity index is 2.01. The van der Waals surface area contributed by atoms with Gasteiger partial charge in [0.1, 0.15) is 0 Å². The molecule has 0 radical (unpaired) electrons. The smallest absolute Gasteiger partial charge is 0.306 e. The van der Waals surface area contributed by atoms with Crippen molar-refractivity contribution in [3.63, 3.8) is 0 Å². The molecule has 0 spiro atoms. The van der Waals surface area contributed by atoms with Crippen LogP contribution >= 0.6 is 0 Å². The highest BCUT2D eigenvalue weighted by Gasteiger charge is 2.13. The number of rotatable bonds is 5. The minimum atomic E-state index is -1.03. The standard InChI is InChI=1S/C16H18N2O3S/c1-21-18(12-13-6-4-3-5-7-13)16(19)17-14-8-10-15(11-9-14)22(2)20/h3-11H,12H2,1-2H3,(H,17,19). The Kier molecular flexibility index (Phi) is 5.68. The van der Waals surface area contributed by atoms with E-state index in [4.69, 9.17) is 4.84 Å². The number of nitrogens with zero attached hydrogens (tertiary/aromatic N) is 1. The maximum Gasteiger partial charge on any atom is 0.346 e. The van der Waals surface area contributed by atoms with Crippen molar-refractivity contribution in [3.8, 4) is 0 Å². The molecule has 2 rings (SSSR count). The molecular formula is C16H18N2O3S. The molecule has 1 N–H and O–H groups in total. The van der Waals surface area contributed by atoms with Crippen LogP contribution in [0.5, 0.6) is 0 Å². The van der Waals surface area contributed by atoms with E-state index in [1.54, 1.807) is 30.5 Å². The first kappa shape index (κ1) is 16.2. The summed E-state index contributed by atoms with van der Waals surface area (Å²) in [4.78, 5) is 18.0. The third-order valence-corrected chi connectivity index (χ3v) is 3.99. The number of anilines is 1. The average molecular weight is 318 g/mol. The predicted molar refractivity (Wildman–Crippen MR) is 86.8 cm³/mol. The van der Waals surface area contributed by atoms with Crippen LogP contribution in [0.15, 0.2) is 59.5 Å². The van der Waals surface area contributed by atoms with Crippen molar-refractivity contribution in [2.75, 3.05) is 18.7 Å². The van der Waals surface area contributed by atoms with Crippen molar-refractivity contribution in [1.82, 2.24) is 5.06 Å². The van der Waals surface area contributed by atoms with E-state index in [1.165, 1.54) is 12.2 Å². The fourth-order valence-corrected chi connectivity index (χ4v) is 2.40. The molecule has 0 saturated carbocycles. The number of hydrogen-bond donors (Lipinski definition) is 1. The minimum Gasteiger partial charge on any atom is -0.306 e. The highest BCUT2D eigenvalue weighted by molar-refractivity contribution is 7.84. The Bertz CT molecular complexity index is 644. The fourth-order valence-electron chi connectivity index (χ4n) is 1.88. The monoisotopic (exact) mass is 318 g/mol. The lowest BCUT2D eigenvalue weighted by molar-refractivity contribution is -0.0886. The molecule has 0 heterocycles. The normalized spacial score (nSPS) is 11.7. The second-order valence-corrected chi connectivity index (χ2v) is 5.99. The Hall–Kier alpha value is -2.18. The van der Waals surface area contributed by atoms with Gasteiger partial charge in [-0.25, -0.2) is 4.79 Å². The van der Waals surface area contributed by atoms with Crippen molar-refractivity contribution in [2.45, 2.75) is 11.4 Å². The van der Waals surface area contributed by atoms with Crippen LogP contribution in [0.25, 0.3) is 0 Å². The van der Waals surface area contributed by atoms with Gasteiger partial charge in [-0.2, -0.15) is 5.06 Å². The topological polar surface area (TPSA) is 58.6 Å². The molecule has 0 aliphatic carbocycles. The summed E-state index contributed by atoms with van der Waals surface area (Å²) in [6, 6.07) is 16.1. The molecule has 1 unspecified atom stereocenters. The molecule has 0 aliphatic rings. The SMILES string of the molecule is CON(Cc1ccccc1)C(=O)Nc1ccc(S(C)=O)cc1. The third-order valence-electron chi connectivity index (χ3n) is 3.05. The number of nitrogens with one attached hydrogen (secondary N) is 1. The van der Waals surface area contributed by atoms with Crippen LogP contribution in [0.4, 0.5) is 10.5 Å². The van der Waals surface area contributed by atoms with Gasteiger partial charge in [-0.1, -0.05) is 30.3 Å². The van der Waals surface area contributed by atoms with Crippen molar-refractivity contribution in [1.29, 1.82) is 0 Å². The Morgan fingerprint density at radius 1 is 1.14 bits per heavy atom. The van der Waals surface area contributed by atoms with Gasteiger partial charge in [0, 0.05) is 27.6 Å². The number of urea groups is 1. The molecule has 116 valence electrons.